The van der Waals surface area contributed by atoms with Crippen molar-refractivity contribution in [3.8, 4) is 5.75 Å². The number of hydrogen-bond donors (Lipinski definition) is 2. The Morgan fingerprint density at radius 3 is 2.48 bits per heavy atom. The highest BCUT2D eigenvalue weighted by atomic mass is 35.5. The van der Waals surface area contributed by atoms with Gasteiger partial charge in [0.25, 0.3) is 0 Å². The Hall–Kier alpha value is -2.40. The summed E-state index contributed by atoms with van der Waals surface area (Å²) in [6, 6.07) is 21.1. The number of ether oxygens (including phenoxy) is 1. The van der Waals surface area contributed by atoms with Gasteiger partial charge in [-0.25, -0.2) is 4.39 Å². The lowest BCUT2D eigenvalue weighted by Gasteiger charge is -2.15. The summed E-state index contributed by atoms with van der Waals surface area (Å²) in [5.74, 6) is 0.428. The van der Waals surface area contributed by atoms with E-state index in [1.807, 2.05) is 42.5 Å². The lowest BCUT2D eigenvalue weighted by molar-refractivity contribution is 0.174. The molecular weight excluding hydrogens is 365 g/mol. The minimum atomic E-state index is -0.589. The van der Waals surface area contributed by atoms with Crippen LogP contribution in [0, 0.1) is 5.82 Å². The number of aliphatic hydroxyl groups excluding tert-OH is 1. The summed E-state index contributed by atoms with van der Waals surface area (Å²) >= 11 is 6.11. The molecule has 0 radical (unpaired) electrons. The van der Waals surface area contributed by atoms with Crippen LogP contribution in [0.25, 0.3) is 0 Å². The molecule has 0 aliphatic heterocycles. The minimum Gasteiger partial charge on any atom is -0.489 e. The third-order valence-corrected chi connectivity index (χ3v) is 4.40. The maximum absolute atomic E-state index is 13.0. The van der Waals surface area contributed by atoms with E-state index in [1.54, 1.807) is 18.2 Å². The van der Waals surface area contributed by atoms with Crippen molar-refractivity contribution in [2.45, 2.75) is 19.3 Å². The van der Waals surface area contributed by atoms with Crippen molar-refractivity contribution in [1.29, 1.82) is 0 Å². The summed E-state index contributed by atoms with van der Waals surface area (Å²) in [6.45, 7) is 1.25. The fourth-order valence-corrected chi connectivity index (χ4v) is 2.90. The molecule has 0 aromatic heterocycles. The molecule has 1 unspecified atom stereocenters. The SMILES string of the molecule is OC(CNCc1cc(Cl)ccc1OCc1ccc(F)cc1)c1ccccc1. The summed E-state index contributed by atoms with van der Waals surface area (Å²) in [7, 11) is 0. The summed E-state index contributed by atoms with van der Waals surface area (Å²) in [5.41, 5.74) is 2.64. The molecule has 5 heteroatoms. The van der Waals surface area contributed by atoms with Gasteiger partial charge >= 0.3 is 0 Å². The van der Waals surface area contributed by atoms with E-state index in [2.05, 4.69) is 5.32 Å². The van der Waals surface area contributed by atoms with Gasteiger partial charge in [-0.2, -0.15) is 0 Å². The van der Waals surface area contributed by atoms with E-state index in [4.69, 9.17) is 16.3 Å². The highest BCUT2D eigenvalue weighted by molar-refractivity contribution is 6.30. The normalized spacial score (nSPS) is 12.0. The predicted octanol–water partition coefficient (Wildman–Crippen LogP) is 4.88. The fraction of sp³-hybridized carbons (Fsp3) is 0.182. The molecule has 140 valence electrons. The zero-order chi connectivity index (χ0) is 19.1. The van der Waals surface area contributed by atoms with Crippen molar-refractivity contribution in [2.24, 2.45) is 0 Å². The standard InChI is InChI=1S/C22H21ClFNO2/c23-19-8-11-22(27-15-16-6-9-20(24)10-7-16)18(12-19)13-25-14-21(26)17-4-2-1-3-5-17/h1-12,21,25-26H,13-15H2. The van der Waals surface area contributed by atoms with E-state index in [1.165, 1.54) is 12.1 Å². The Morgan fingerprint density at radius 1 is 1.00 bits per heavy atom. The van der Waals surface area contributed by atoms with E-state index in [0.29, 0.717) is 30.5 Å². The van der Waals surface area contributed by atoms with Gasteiger partial charge in [0.05, 0.1) is 6.10 Å². The van der Waals surface area contributed by atoms with Crippen molar-refractivity contribution in [3.63, 3.8) is 0 Å². The predicted molar refractivity (Wildman–Crippen MR) is 105 cm³/mol. The molecule has 27 heavy (non-hydrogen) atoms. The Morgan fingerprint density at radius 2 is 1.74 bits per heavy atom. The topological polar surface area (TPSA) is 41.5 Å². The molecule has 0 fully saturated rings. The van der Waals surface area contributed by atoms with Crippen LogP contribution < -0.4 is 10.1 Å². The zero-order valence-corrected chi connectivity index (χ0v) is 15.5. The van der Waals surface area contributed by atoms with Crippen LogP contribution >= 0.6 is 11.6 Å². The number of benzene rings is 3. The van der Waals surface area contributed by atoms with E-state index < -0.39 is 6.10 Å². The van der Waals surface area contributed by atoms with Crippen LogP contribution in [0.15, 0.2) is 72.8 Å². The Bertz CT molecular complexity index is 856. The van der Waals surface area contributed by atoms with Gasteiger partial charge < -0.3 is 15.2 Å². The molecule has 0 heterocycles. The van der Waals surface area contributed by atoms with E-state index in [-0.39, 0.29) is 5.82 Å². The Balaban J connectivity index is 1.59. The minimum absolute atomic E-state index is 0.271. The monoisotopic (exact) mass is 385 g/mol. The van der Waals surface area contributed by atoms with Crippen molar-refractivity contribution in [2.75, 3.05) is 6.54 Å². The summed E-state index contributed by atoms with van der Waals surface area (Å²) in [6.07, 6.45) is -0.589. The largest absolute Gasteiger partial charge is 0.489 e. The first-order valence-corrected chi connectivity index (χ1v) is 9.09. The molecule has 3 nitrogen and oxygen atoms in total. The number of hydrogen-bond acceptors (Lipinski definition) is 3. The maximum atomic E-state index is 13.0. The first-order chi connectivity index (χ1) is 13.1. The van der Waals surface area contributed by atoms with E-state index >= 15 is 0 Å². The molecule has 0 aliphatic carbocycles. The molecule has 0 spiro atoms. The van der Waals surface area contributed by atoms with Crippen LogP contribution in [0.1, 0.15) is 22.8 Å². The highest BCUT2D eigenvalue weighted by Gasteiger charge is 2.09. The van der Waals surface area contributed by atoms with Gasteiger partial charge in [0.1, 0.15) is 18.2 Å². The van der Waals surface area contributed by atoms with Gasteiger partial charge in [0.15, 0.2) is 0 Å². The second-order valence-electron chi connectivity index (χ2n) is 6.22. The summed E-state index contributed by atoms with van der Waals surface area (Å²) < 4.78 is 18.9. The molecule has 3 aromatic carbocycles. The molecule has 0 saturated heterocycles. The summed E-state index contributed by atoms with van der Waals surface area (Å²) in [4.78, 5) is 0. The molecule has 3 aromatic rings. The average Bonchev–Trinajstić information content (AvgIpc) is 2.69. The molecule has 3 rings (SSSR count). The van der Waals surface area contributed by atoms with Gasteiger partial charge in [-0.05, 0) is 41.5 Å². The number of rotatable bonds is 8. The molecule has 0 amide bonds. The van der Waals surface area contributed by atoms with Gasteiger partial charge in [-0.3, -0.25) is 0 Å². The molecule has 2 N–H and O–H groups in total. The Kier molecular flexibility index (Phi) is 6.82. The van der Waals surface area contributed by atoms with Crippen LogP contribution in [-0.2, 0) is 13.2 Å². The van der Waals surface area contributed by atoms with E-state index in [9.17, 15) is 9.50 Å². The van der Waals surface area contributed by atoms with Crippen molar-refractivity contribution in [3.05, 3.63) is 100 Å². The quantitative estimate of drug-likeness (QED) is 0.580. The first kappa shape index (κ1) is 19.4. The smallest absolute Gasteiger partial charge is 0.124 e. The Labute approximate surface area is 163 Å². The van der Waals surface area contributed by atoms with Crippen molar-refractivity contribution < 1.29 is 14.2 Å². The summed E-state index contributed by atoms with van der Waals surface area (Å²) in [5, 5.41) is 14.1. The van der Waals surface area contributed by atoms with E-state index in [0.717, 1.165) is 16.7 Å². The molecular formula is C22H21ClFNO2. The van der Waals surface area contributed by atoms with Crippen LogP contribution in [0.2, 0.25) is 5.02 Å². The third-order valence-electron chi connectivity index (χ3n) is 4.17. The van der Waals surface area contributed by atoms with Crippen LogP contribution in [-0.4, -0.2) is 11.7 Å². The lowest BCUT2D eigenvalue weighted by Crippen LogP contribution is -2.21. The second-order valence-corrected chi connectivity index (χ2v) is 6.66. The molecule has 0 bridgehead atoms. The average molecular weight is 386 g/mol. The molecule has 0 saturated carbocycles. The van der Waals surface area contributed by atoms with Crippen LogP contribution in [0.4, 0.5) is 4.39 Å². The van der Waals surface area contributed by atoms with Crippen LogP contribution in [0.3, 0.4) is 0 Å². The highest BCUT2D eigenvalue weighted by Crippen LogP contribution is 2.24. The molecule has 0 aliphatic rings. The fourth-order valence-electron chi connectivity index (χ4n) is 2.71. The molecule has 1 atom stereocenters. The van der Waals surface area contributed by atoms with Gasteiger partial charge in [0, 0.05) is 23.7 Å². The van der Waals surface area contributed by atoms with Gasteiger partial charge in [-0.1, -0.05) is 54.1 Å². The van der Waals surface area contributed by atoms with Crippen molar-refractivity contribution in [1.82, 2.24) is 5.32 Å². The number of aliphatic hydroxyl groups is 1. The third kappa shape index (κ3) is 5.79. The van der Waals surface area contributed by atoms with Crippen LogP contribution in [0.5, 0.6) is 5.75 Å². The van der Waals surface area contributed by atoms with Crippen molar-refractivity contribution >= 4 is 11.6 Å². The van der Waals surface area contributed by atoms with Gasteiger partial charge in [0.2, 0.25) is 0 Å². The number of nitrogens with one attached hydrogen (secondary N) is 1. The zero-order valence-electron chi connectivity index (χ0n) is 14.7. The lowest BCUT2D eigenvalue weighted by atomic mass is 10.1. The maximum Gasteiger partial charge on any atom is 0.124 e. The first-order valence-electron chi connectivity index (χ1n) is 8.71. The second kappa shape index (κ2) is 9.51. The number of halogens is 2. The van der Waals surface area contributed by atoms with Gasteiger partial charge in [-0.15, -0.1) is 0 Å².